The summed E-state index contributed by atoms with van der Waals surface area (Å²) in [5.41, 5.74) is 10.7. The largest absolute Gasteiger partial charge is 0.324 e. The third kappa shape index (κ3) is 6.14. The highest BCUT2D eigenvalue weighted by Gasteiger charge is 2.16. The number of benzene rings is 3. The Labute approximate surface area is 204 Å². The van der Waals surface area contributed by atoms with E-state index in [0.717, 1.165) is 41.2 Å². The van der Waals surface area contributed by atoms with E-state index >= 15 is 0 Å². The van der Waals surface area contributed by atoms with Gasteiger partial charge in [-0.2, -0.15) is 0 Å². The van der Waals surface area contributed by atoms with Gasteiger partial charge >= 0.3 is 0 Å². The molecule has 0 fully saturated rings. The predicted molar refractivity (Wildman–Crippen MR) is 139 cm³/mol. The second-order valence-corrected chi connectivity index (χ2v) is 9.45. The highest BCUT2D eigenvalue weighted by molar-refractivity contribution is 14.1. The molecule has 3 rings (SSSR count). The van der Waals surface area contributed by atoms with Crippen molar-refractivity contribution in [2.45, 2.75) is 52.0 Å². The van der Waals surface area contributed by atoms with Gasteiger partial charge in [-0.3, -0.25) is 9.59 Å². The second-order valence-electron chi connectivity index (χ2n) is 8.20. The highest BCUT2D eigenvalue weighted by atomic mass is 127. The minimum absolute atomic E-state index is 0.0144. The summed E-state index contributed by atoms with van der Waals surface area (Å²) in [4.78, 5) is 26.2. The molecule has 3 aromatic carbocycles. The maximum absolute atomic E-state index is 13.1. The molecule has 0 amide bonds. The van der Waals surface area contributed by atoms with Gasteiger partial charge in [-0.1, -0.05) is 75.2 Å². The average Bonchev–Trinajstić information content (AvgIpc) is 2.82. The maximum Gasteiger partial charge on any atom is 0.193 e. The van der Waals surface area contributed by atoms with Crippen LogP contribution in [0.1, 0.15) is 88.5 Å². The zero-order chi connectivity index (χ0) is 23.1. The molecule has 0 spiro atoms. The number of carbonyl (C=O) groups excluding carboxylic acids is 2. The van der Waals surface area contributed by atoms with E-state index in [1.807, 2.05) is 60.7 Å². The Hall–Kier alpha value is -2.31. The molecule has 0 bridgehead atoms. The molecule has 0 aliphatic rings. The van der Waals surface area contributed by atoms with Crippen molar-refractivity contribution in [2.24, 2.45) is 5.73 Å². The maximum atomic E-state index is 13.1. The first-order valence-corrected chi connectivity index (χ1v) is 12.3. The summed E-state index contributed by atoms with van der Waals surface area (Å²) < 4.78 is 0.859. The Kier molecular flexibility index (Phi) is 8.76. The molecule has 166 valence electrons. The lowest BCUT2D eigenvalue weighted by atomic mass is 9.95. The minimum atomic E-state index is -0.0944. The fourth-order valence-corrected chi connectivity index (χ4v) is 4.42. The van der Waals surface area contributed by atoms with Crippen molar-refractivity contribution < 1.29 is 9.59 Å². The topological polar surface area (TPSA) is 60.2 Å². The van der Waals surface area contributed by atoms with E-state index in [2.05, 4.69) is 36.4 Å². The summed E-state index contributed by atoms with van der Waals surface area (Å²) in [6.45, 7) is 4.28. The number of hydrogen-bond donors (Lipinski definition) is 1. The lowest BCUT2D eigenvalue weighted by Crippen LogP contribution is -2.10. The van der Waals surface area contributed by atoms with Crippen molar-refractivity contribution in [3.63, 3.8) is 0 Å². The number of unbranched alkanes of at least 4 members (excludes halogenated alkanes) is 1. The van der Waals surface area contributed by atoms with Crippen molar-refractivity contribution in [1.29, 1.82) is 0 Å². The first-order chi connectivity index (χ1) is 15.4. The zero-order valence-corrected chi connectivity index (χ0v) is 20.9. The number of carbonyl (C=O) groups is 2. The molecule has 0 saturated carbocycles. The minimum Gasteiger partial charge on any atom is -0.324 e. The van der Waals surface area contributed by atoms with Gasteiger partial charge in [0.2, 0.25) is 0 Å². The third-order valence-corrected chi connectivity index (χ3v) is 6.28. The van der Waals surface area contributed by atoms with E-state index in [1.54, 1.807) is 6.07 Å². The number of hydrogen-bond acceptors (Lipinski definition) is 3. The fraction of sp³-hybridized carbons (Fsp3) is 0.286. The monoisotopic (exact) mass is 539 g/mol. The van der Waals surface area contributed by atoms with Crippen LogP contribution in [0.2, 0.25) is 0 Å². The van der Waals surface area contributed by atoms with E-state index < -0.39 is 0 Å². The number of nitrogens with two attached hydrogens (primary N) is 1. The van der Waals surface area contributed by atoms with Crippen LogP contribution in [-0.4, -0.2) is 11.6 Å². The zero-order valence-electron chi connectivity index (χ0n) is 18.7. The van der Waals surface area contributed by atoms with Crippen LogP contribution in [0.5, 0.6) is 0 Å². The Morgan fingerprint density at radius 3 is 1.81 bits per heavy atom. The number of aryl methyl sites for hydroxylation is 1. The van der Waals surface area contributed by atoms with Crippen molar-refractivity contribution in [3.05, 3.63) is 104 Å². The molecule has 1 unspecified atom stereocenters. The quantitative estimate of drug-likeness (QED) is 0.225. The SMILES string of the molecule is CCCCc1ccc(C(=O)c2cc(I)cc(C(=O)c3ccc(C(N)CCC)cc3)c2)cc1. The number of rotatable bonds is 10. The Balaban J connectivity index is 1.82. The van der Waals surface area contributed by atoms with Crippen molar-refractivity contribution >= 4 is 34.2 Å². The second kappa shape index (κ2) is 11.5. The standard InChI is InChI=1S/C28H30INO2/c1-3-5-7-19-8-10-21(11-9-19)27(31)23-16-24(18-25(29)17-23)28(32)22-14-12-20(13-15-22)26(30)6-4-2/h8-18,26H,3-7,30H2,1-2H3. The molecule has 0 radical (unpaired) electrons. The van der Waals surface area contributed by atoms with E-state index in [0.29, 0.717) is 22.3 Å². The summed E-state index contributed by atoms with van der Waals surface area (Å²) in [5.74, 6) is -0.163. The number of ketones is 2. The van der Waals surface area contributed by atoms with Crippen LogP contribution in [0.15, 0.2) is 66.7 Å². The van der Waals surface area contributed by atoms with E-state index in [4.69, 9.17) is 5.73 Å². The molecule has 0 saturated heterocycles. The van der Waals surface area contributed by atoms with Gasteiger partial charge < -0.3 is 5.73 Å². The Morgan fingerprint density at radius 1 is 0.781 bits per heavy atom. The van der Waals surface area contributed by atoms with Crippen molar-refractivity contribution in [3.8, 4) is 0 Å². The summed E-state index contributed by atoms with van der Waals surface area (Å²) >= 11 is 2.16. The molecule has 3 nitrogen and oxygen atoms in total. The average molecular weight is 539 g/mol. The molecule has 0 aliphatic heterocycles. The predicted octanol–water partition coefficient (Wildman–Crippen LogP) is 6.90. The summed E-state index contributed by atoms with van der Waals surface area (Å²) in [5, 5.41) is 0. The Bertz CT molecular complexity index is 1070. The van der Waals surface area contributed by atoms with Gasteiger partial charge in [0, 0.05) is 31.9 Å². The van der Waals surface area contributed by atoms with Gasteiger partial charge in [-0.25, -0.2) is 0 Å². The molecular formula is C28H30INO2. The molecule has 4 heteroatoms. The first-order valence-electron chi connectivity index (χ1n) is 11.3. The lowest BCUT2D eigenvalue weighted by molar-refractivity contribution is 0.103. The smallest absolute Gasteiger partial charge is 0.193 e. The van der Waals surface area contributed by atoms with Crippen LogP contribution in [0, 0.1) is 3.57 Å². The van der Waals surface area contributed by atoms with Gasteiger partial charge in [0.05, 0.1) is 0 Å². The van der Waals surface area contributed by atoms with Crippen LogP contribution in [-0.2, 0) is 6.42 Å². The summed E-state index contributed by atoms with van der Waals surface area (Å²) in [6.07, 6.45) is 5.24. The van der Waals surface area contributed by atoms with Gasteiger partial charge in [0.15, 0.2) is 11.6 Å². The fourth-order valence-electron chi connectivity index (χ4n) is 3.75. The molecule has 32 heavy (non-hydrogen) atoms. The molecule has 3 aromatic rings. The molecule has 0 heterocycles. The Morgan fingerprint density at radius 2 is 1.31 bits per heavy atom. The molecule has 0 aliphatic carbocycles. The van der Waals surface area contributed by atoms with Crippen molar-refractivity contribution in [2.75, 3.05) is 0 Å². The van der Waals surface area contributed by atoms with Crippen LogP contribution in [0.3, 0.4) is 0 Å². The highest BCUT2D eigenvalue weighted by Crippen LogP contribution is 2.21. The third-order valence-electron chi connectivity index (χ3n) is 5.66. The van der Waals surface area contributed by atoms with E-state index in [-0.39, 0.29) is 17.6 Å². The van der Waals surface area contributed by atoms with E-state index in [9.17, 15) is 9.59 Å². The molecular weight excluding hydrogens is 509 g/mol. The van der Waals surface area contributed by atoms with Gasteiger partial charge in [-0.05, 0) is 71.2 Å². The first kappa shape index (κ1) is 24.3. The normalized spacial score (nSPS) is 11.9. The molecule has 1 atom stereocenters. The van der Waals surface area contributed by atoms with Crippen LogP contribution in [0.25, 0.3) is 0 Å². The van der Waals surface area contributed by atoms with E-state index in [1.165, 1.54) is 5.56 Å². The van der Waals surface area contributed by atoms with Gasteiger partial charge in [0.1, 0.15) is 0 Å². The summed E-state index contributed by atoms with van der Waals surface area (Å²) in [6, 6.07) is 20.6. The van der Waals surface area contributed by atoms with Crippen LogP contribution >= 0.6 is 22.6 Å². The number of halogens is 1. The van der Waals surface area contributed by atoms with Crippen LogP contribution < -0.4 is 5.73 Å². The van der Waals surface area contributed by atoms with Gasteiger partial charge in [-0.15, -0.1) is 0 Å². The molecule has 0 aromatic heterocycles. The molecule has 2 N–H and O–H groups in total. The van der Waals surface area contributed by atoms with Crippen molar-refractivity contribution in [1.82, 2.24) is 0 Å². The lowest BCUT2D eigenvalue weighted by Gasteiger charge is -2.11. The van der Waals surface area contributed by atoms with Crippen LogP contribution in [0.4, 0.5) is 0 Å². The summed E-state index contributed by atoms with van der Waals surface area (Å²) in [7, 11) is 0. The van der Waals surface area contributed by atoms with Gasteiger partial charge in [0.25, 0.3) is 0 Å².